The molecule has 1 atom stereocenters. The molecular formula is C12H7F4NO. The van der Waals surface area contributed by atoms with Gasteiger partial charge in [0.2, 0.25) is 0 Å². The summed E-state index contributed by atoms with van der Waals surface area (Å²) in [7, 11) is 0. The van der Waals surface area contributed by atoms with E-state index in [1.165, 1.54) is 12.1 Å². The van der Waals surface area contributed by atoms with Gasteiger partial charge in [0.25, 0.3) is 5.91 Å². The van der Waals surface area contributed by atoms with Gasteiger partial charge in [-0.2, -0.15) is 13.2 Å². The molecule has 1 heterocycles. The molecule has 18 heavy (non-hydrogen) atoms. The number of nitrogens with zero attached hydrogens (tertiary/aromatic N) is 1. The van der Waals surface area contributed by atoms with Crippen molar-refractivity contribution in [2.75, 3.05) is 0 Å². The molecular weight excluding hydrogens is 250 g/mol. The van der Waals surface area contributed by atoms with Crippen molar-refractivity contribution in [2.24, 2.45) is 4.99 Å². The Bertz CT molecular complexity index is 545. The first-order chi connectivity index (χ1) is 8.38. The number of alkyl halides is 3. The third kappa shape index (κ3) is 2.47. The standard InChI is InChI=1S/C12H7F4NO/c13-9-3-1-2-7(4-9)10-5-8(12(14,15)16)6-17-11(10)18/h1-6,10H. The van der Waals surface area contributed by atoms with Crippen LogP contribution in [0.4, 0.5) is 17.6 Å². The Morgan fingerprint density at radius 1 is 1.22 bits per heavy atom. The summed E-state index contributed by atoms with van der Waals surface area (Å²) in [6.07, 6.45) is -3.34. The van der Waals surface area contributed by atoms with Gasteiger partial charge in [-0.1, -0.05) is 18.2 Å². The molecule has 94 valence electrons. The minimum Gasteiger partial charge on any atom is -0.272 e. The van der Waals surface area contributed by atoms with Crippen LogP contribution in [0.3, 0.4) is 0 Å². The number of hydrogen-bond donors (Lipinski definition) is 0. The van der Waals surface area contributed by atoms with Crippen molar-refractivity contribution in [3.8, 4) is 0 Å². The highest BCUT2D eigenvalue weighted by atomic mass is 19.4. The van der Waals surface area contributed by atoms with Gasteiger partial charge in [-0.3, -0.25) is 4.79 Å². The normalized spacial score (nSPS) is 19.9. The Labute approximate surface area is 99.6 Å². The fourth-order valence-corrected chi connectivity index (χ4v) is 1.61. The molecule has 2 nitrogen and oxygen atoms in total. The van der Waals surface area contributed by atoms with E-state index in [1.54, 1.807) is 0 Å². The van der Waals surface area contributed by atoms with E-state index >= 15 is 0 Å². The van der Waals surface area contributed by atoms with Crippen molar-refractivity contribution in [3.63, 3.8) is 0 Å². The van der Waals surface area contributed by atoms with Crippen LogP contribution in [-0.4, -0.2) is 18.3 Å². The molecule has 6 heteroatoms. The van der Waals surface area contributed by atoms with Gasteiger partial charge < -0.3 is 0 Å². The smallest absolute Gasteiger partial charge is 0.272 e. The molecule has 0 bridgehead atoms. The van der Waals surface area contributed by atoms with Gasteiger partial charge in [-0.05, 0) is 17.7 Å². The first-order valence-corrected chi connectivity index (χ1v) is 5.00. The van der Waals surface area contributed by atoms with Gasteiger partial charge in [-0.25, -0.2) is 9.38 Å². The molecule has 0 radical (unpaired) electrons. The molecule has 0 N–H and O–H groups in total. The summed E-state index contributed by atoms with van der Waals surface area (Å²) >= 11 is 0. The fourth-order valence-electron chi connectivity index (χ4n) is 1.61. The predicted octanol–water partition coefficient (Wildman–Crippen LogP) is 3.01. The second-order valence-corrected chi connectivity index (χ2v) is 3.75. The van der Waals surface area contributed by atoms with Gasteiger partial charge in [-0.15, -0.1) is 0 Å². The molecule has 0 saturated carbocycles. The van der Waals surface area contributed by atoms with Gasteiger partial charge >= 0.3 is 6.18 Å². The third-order valence-electron chi connectivity index (χ3n) is 2.48. The van der Waals surface area contributed by atoms with Crippen LogP contribution in [0.25, 0.3) is 0 Å². The number of benzene rings is 1. The quantitative estimate of drug-likeness (QED) is 0.711. The van der Waals surface area contributed by atoms with Crippen molar-refractivity contribution >= 4 is 12.1 Å². The highest BCUT2D eigenvalue weighted by Crippen LogP contribution is 2.31. The van der Waals surface area contributed by atoms with Crippen molar-refractivity contribution in [1.82, 2.24) is 0 Å². The topological polar surface area (TPSA) is 29.4 Å². The zero-order chi connectivity index (χ0) is 13.3. The number of aliphatic imine (C=N–C) groups is 1. The highest BCUT2D eigenvalue weighted by Gasteiger charge is 2.36. The summed E-state index contributed by atoms with van der Waals surface area (Å²) in [5.74, 6) is -2.55. The van der Waals surface area contributed by atoms with Crippen LogP contribution in [0.1, 0.15) is 11.5 Å². The Morgan fingerprint density at radius 2 is 1.94 bits per heavy atom. The molecule has 1 amide bonds. The molecule has 0 aromatic heterocycles. The molecule has 0 spiro atoms. The monoisotopic (exact) mass is 257 g/mol. The maximum atomic E-state index is 13.0. The molecule has 0 saturated heterocycles. The first kappa shape index (κ1) is 12.5. The van der Waals surface area contributed by atoms with Crippen LogP contribution in [0.15, 0.2) is 40.9 Å². The summed E-state index contributed by atoms with van der Waals surface area (Å²) in [5.41, 5.74) is -0.852. The largest absolute Gasteiger partial charge is 0.417 e. The Hall–Kier alpha value is -1.98. The average Bonchev–Trinajstić information content (AvgIpc) is 2.28. The van der Waals surface area contributed by atoms with Crippen LogP contribution in [0.5, 0.6) is 0 Å². The van der Waals surface area contributed by atoms with Crippen molar-refractivity contribution in [1.29, 1.82) is 0 Å². The summed E-state index contributed by atoms with van der Waals surface area (Å²) in [6.45, 7) is 0. The Kier molecular flexibility index (Phi) is 3.02. The minimum absolute atomic E-state index is 0.151. The molecule has 2 rings (SSSR count). The second-order valence-electron chi connectivity index (χ2n) is 3.75. The maximum Gasteiger partial charge on any atom is 0.417 e. The molecule has 1 aliphatic heterocycles. The fraction of sp³-hybridized carbons (Fsp3) is 0.167. The maximum absolute atomic E-state index is 13.0. The third-order valence-corrected chi connectivity index (χ3v) is 2.48. The summed E-state index contributed by atoms with van der Waals surface area (Å²) < 4.78 is 50.5. The lowest BCUT2D eigenvalue weighted by Gasteiger charge is -2.16. The van der Waals surface area contributed by atoms with Crippen LogP contribution in [0.2, 0.25) is 0 Å². The second kappa shape index (κ2) is 4.36. The Balaban J connectivity index is 2.41. The van der Waals surface area contributed by atoms with Crippen molar-refractivity contribution < 1.29 is 22.4 Å². The van der Waals surface area contributed by atoms with Crippen LogP contribution in [0, 0.1) is 5.82 Å². The summed E-state index contributed by atoms with van der Waals surface area (Å²) in [5, 5.41) is 0. The van der Waals surface area contributed by atoms with Crippen LogP contribution < -0.4 is 0 Å². The zero-order valence-electron chi connectivity index (χ0n) is 8.91. The minimum atomic E-state index is -4.57. The van der Waals surface area contributed by atoms with Crippen molar-refractivity contribution in [3.05, 3.63) is 47.3 Å². The lowest BCUT2D eigenvalue weighted by molar-refractivity contribution is -0.118. The van der Waals surface area contributed by atoms with E-state index in [0.717, 1.165) is 18.2 Å². The number of allylic oxidation sites excluding steroid dienone is 1. The Morgan fingerprint density at radius 3 is 2.56 bits per heavy atom. The zero-order valence-corrected chi connectivity index (χ0v) is 8.91. The molecule has 0 fully saturated rings. The predicted molar refractivity (Wildman–Crippen MR) is 56.8 cm³/mol. The lowest BCUT2D eigenvalue weighted by Crippen LogP contribution is -2.21. The number of amides is 1. The molecule has 0 aliphatic carbocycles. The first-order valence-electron chi connectivity index (χ1n) is 5.00. The highest BCUT2D eigenvalue weighted by molar-refractivity contribution is 6.00. The summed E-state index contributed by atoms with van der Waals surface area (Å²) in [6, 6.07) is 4.89. The van der Waals surface area contributed by atoms with Crippen LogP contribution in [-0.2, 0) is 4.79 Å². The average molecular weight is 257 g/mol. The van der Waals surface area contributed by atoms with E-state index in [9.17, 15) is 22.4 Å². The molecule has 1 aromatic carbocycles. The lowest BCUT2D eigenvalue weighted by atomic mass is 9.94. The number of rotatable bonds is 1. The SMILES string of the molecule is O=C1N=CC(C(F)(F)F)=CC1c1cccc(F)c1. The van der Waals surface area contributed by atoms with E-state index in [4.69, 9.17) is 0 Å². The molecule has 1 aliphatic rings. The number of dihydropyridines is 1. The van der Waals surface area contributed by atoms with E-state index in [-0.39, 0.29) is 5.56 Å². The molecule has 1 unspecified atom stereocenters. The molecule has 1 aromatic rings. The summed E-state index contributed by atoms with van der Waals surface area (Å²) in [4.78, 5) is 14.6. The number of hydrogen-bond acceptors (Lipinski definition) is 1. The van der Waals surface area contributed by atoms with Gasteiger partial charge in [0, 0.05) is 6.21 Å². The number of carbonyl (C=O) groups excluding carboxylic acids is 1. The van der Waals surface area contributed by atoms with Gasteiger partial charge in [0.05, 0.1) is 11.5 Å². The van der Waals surface area contributed by atoms with Crippen molar-refractivity contribution in [2.45, 2.75) is 12.1 Å². The van der Waals surface area contributed by atoms with E-state index in [1.807, 2.05) is 0 Å². The number of carbonyl (C=O) groups is 1. The number of halogens is 4. The van der Waals surface area contributed by atoms with E-state index in [2.05, 4.69) is 4.99 Å². The van der Waals surface area contributed by atoms with E-state index in [0.29, 0.717) is 6.21 Å². The van der Waals surface area contributed by atoms with Gasteiger partial charge in [0.1, 0.15) is 5.82 Å². The van der Waals surface area contributed by atoms with Gasteiger partial charge in [0.15, 0.2) is 0 Å². The van der Waals surface area contributed by atoms with Crippen LogP contribution >= 0.6 is 0 Å². The van der Waals surface area contributed by atoms with E-state index < -0.39 is 29.4 Å².